The van der Waals surface area contributed by atoms with Gasteiger partial charge in [0.15, 0.2) is 0 Å². The van der Waals surface area contributed by atoms with E-state index in [2.05, 4.69) is 6.07 Å². The second-order valence-corrected chi connectivity index (χ2v) is 5.47. The first-order valence-corrected chi connectivity index (χ1v) is 7.49. The lowest BCUT2D eigenvalue weighted by molar-refractivity contribution is 0.560. The highest BCUT2D eigenvalue weighted by Gasteiger charge is 2.04. The maximum Gasteiger partial charge on any atom is 0.343 e. The fourth-order valence-electron chi connectivity index (χ4n) is 2.69. The van der Waals surface area contributed by atoms with Gasteiger partial charge in [0.05, 0.1) is 5.56 Å². The Balaban J connectivity index is 1.84. The van der Waals surface area contributed by atoms with Crippen molar-refractivity contribution in [2.45, 2.75) is 0 Å². The Labute approximate surface area is 133 Å². The summed E-state index contributed by atoms with van der Waals surface area (Å²) in [6.45, 7) is 0. The minimum Gasteiger partial charge on any atom is -0.422 e. The van der Waals surface area contributed by atoms with Crippen LogP contribution in [0, 0.1) is 0 Å². The van der Waals surface area contributed by atoms with Gasteiger partial charge < -0.3 is 4.42 Å². The predicted molar refractivity (Wildman–Crippen MR) is 95.4 cm³/mol. The van der Waals surface area contributed by atoms with Crippen molar-refractivity contribution in [1.82, 2.24) is 0 Å². The van der Waals surface area contributed by atoms with Crippen LogP contribution in [-0.4, -0.2) is 0 Å². The van der Waals surface area contributed by atoms with Crippen molar-refractivity contribution in [2.75, 3.05) is 0 Å². The van der Waals surface area contributed by atoms with Gasteiger partial charge in [-0.1, -0.05) is 60.7 Å². The maximum atomic E-state index is 12.2. The molecule has 4 aromatic rings. The predicted octanol–water partition coefficient (Wildman–Crippen LogP) is 5.12. The largest absolute Gasteiger partial charge is 0.422 e. The van der Waals surface area contributed by atoms with E-state index in [1.807, 2.05) is 72.8 Å². The van der Waals surface area contributed by atoms with E-state index in [1.54, 1.807) is 6.08 Å². The molecule has 3 aromatic carbocycles. The van der Waals surface area contributed by atoms with Gasteiger partial charge in [-0.3, -0.25) is 0 Å². The quantitative estimate of drug-likeness (QED) is 0.380. The Hall–Kier alpha value is -3.13. The molecule has 4 rings (SSSR count). The smallest absolute Gasteiger partial charge is 0.343 e. The van der Waals surface area contributed by atoms with Crippen molar-refractivity contribution in [3.8, 4) is 0 Å². The Morgan fingerprint density at radius 1 is 0.696 bits per heavy atom. The fraction of sp³-hybridized carbons (Fsp3) is 0. The fourth-order valence-corrected chi connectivity index (χ4v) is 2.69. The Kier molecular flexibility index (Phi) is 3.28. The number of hydrogen-bond donors (Lipinski definition) is 0. The molecule has 2 heteroatoms. The van der Waals surface area contributed by atoms with E-state index in [0.717, 1.165) is 21.7 Å². The highest BCUT2D eigenvalue weighted by atomic mass is 16.4. The molecule has 0 atom stereocenters. The van der Waals surface area contributed by atoms with E-state index in [1.165, 1.54) is 0 Å². The highest BCUT2D eigenvalue weighted by Crippen LogP contribution is 2.22. The molecule has 0 aliphatic carbocycles. The lowest BCUT2D eigenvalue weighted by atomic mass is 10.1. The monoisotopic (exact) mass is 298 g/mol. The molecule has 0 N–H and O–H groups in total. The van der Waals surface area contributed by atoms with E-state index in [4.69, 9.17) is 4.42 Å². The summed E-state index contributed by atoms with van der Waals surface area (Å²) < 4.78 is 5.48. The molecular weight excluding hydrogens is 284 g/mol. The van der Waals surface area contributed by atoms with Crippen molar-refractivity contribution in [3.63, 3.8) is 0 Å². The zero-order valence-corrected chi connectivity index (χ0v) is 12.4. The third-order valence-electron chi connectivity index (χ3n) is 3.88. The topological polar surface area (TPSA) is 30.2 Å². The van der Waals surface area contributed by atoms with Crippen LogP contribution in [0.5, 0.6) is 0 Å². The van der Waals surface area contributed by atoms with Crippen LogP contribution in [0.25, 0.3) is 33.9 Å². The van der Waals surface area contributed by atoms with Gasteiger partial charge in [0.25, 0.3) is 0 Å². The average Bonchev–Trinajstić information content (AvgIpc) is 2.59. The molecule has 1 heterocycles. The van der Waals surface area contributed by atoms with Gasteiger partial charge >= 0.3 is 5.63 Å². The lowest BCUT2D eigenvalue weighted by Gasteiger charge is -2.02. The van der Waals surface area contributed by atoms with E-state index < -0.39 is 0 Å². The van der Waals surface area contributed by atoms with Crippen LogP contribution in [0.1, 0.15) is 11.1 Å². The molecule has 0 radical (unpaired) electrons. The Morgan fingerprint density at radius 2 is 1.39 bits per heavy atom. The minimum atomic E-state index is -0.319. The average molecular weight is 298 g/mol. The molecule has 0 saturated heterocycles. The van der Waals surface area contributed by atoms with Crippen molar-refractivity contribution in [3.05, 3.63) is 94.3 Å². The van der Waals surface area contributed by atoms with Gasteiger partial charge in [-0.15, -0.1) is 0 Å². The molecule has 2 nitrogen and oxygen atoms in total. The number of benzene rings is 3. The molecule has 0 aliphatic rings. The molecule has 0 aliphatic heterocycles. The molecule has 0 saturated carbocycles. The number of fused-ring (bicyclic) bond motifs is 2. The van der Waals surface area contributed by atoms with Gasteiger partial charge in [0.1, 0.15) is 5.58 Å². The van der Waals surface area contributed by atoms with Crippen LogP contribution in [0.2, 0.25) is 0 Å². The molecule has 1 aromatic heterocycles. The summed E-state index contributed by atoms with van der Waals surface area (Å²) in [6, 6.07) is 23.8. The first-order valence-electron chi connectivity index (χ1n) is 7.49. The van der Waals surface area contributed by atoms with Gasteiger partial charge in [-0.2, -0.15) is 0 Å². The standard InChI is InChI=1S/C21H14O2/c22-21-18(11-10-15-6-2-1-3-7-15)13-19-12-16-8-4-5-9-17(16)14-20(19)23-21/h1-14H/b11-10+. The third kappa shape index (κ3) is 2.67. The van der Waals surface area contributed by atoms with Gasteiger partial charge in [0.2, 0.25) is 0 Å². The highest BCUT2D eigenvalue weighted by molar-refractivity contribution is 5.96. The van der Waals surface area contributed by atoms with E-state index >= 15 is 0 Å². The van der Waals surface area contributed by atoms with Crippen LogP contribution in [0.3, 0.4) is 0 Å². The van der Waals surface area contributed by atoms with E-state index in [9.17, 15) is 4.79 Å². The Bertz CT molecular complexity index is 1070. The molecule has 0 unspecified atom stereocenters. The van der Waals surface area contributed by atoms with Crippen molar-refractivity contribution in [2.24, 2.45) is 0 Å². The minimum absolute atomic E-state index is 0.319. The Morgan fingerprint density at radius 3 is 2.17 bits per heavy atom. The second kappa shape index (κ2) is 5.58. The molecule has 0 amide bonds. The zero-order valence-electron chi connectivity index (χ0n) is 12.4. The number of rotatable bonds is 2. The summed E-state index contributed by atoms with van der Waals surface area (Å²) in [5, 5.41) is 3.12. The first-order chi connectivity index (χ1) is 11.3. The van der Waals surface area contributed by atoms with Crippen LogP contribution < -0.4 is 5.63 Å². The molecule has 0 spiro atoms. The summed E-state index contributed by atoms with van der Waals surface area (Å²) in [7, 11) is 0. The summed E-state index contributed by atoms with van der Waals surface area (Å²) in [4.78, 5) is 12.2. The van der Waals surface area contributed by atoms with E-state index in [-0.39, 0.29) is 5.63 Å². The van der Waals surface area contributed by atoms with Crippen LogP contribution in [-0.2, 0) is 0 Å². The van der Waals surface area contributed by atoms with Crippen LogP contribution in [0.15, 0.2) is 82.0 Å². The van der Waals surface area contributed by atoms with Gasteiger partial charge in [0, 0.05) is 5.39 Å². The summed E-state index contributed by atoms with van der Waals surface area (Å²) in [5.74, 6) is 0. The van der Waals surface area contributed by atoms with Gasteiger partial charge in [-0.05, 0) is 40.6 Å². The SMILES string of the molecule is O=c1oc2cc3ccccc3cc2cc1/C=C/c1ccccc1. The van der Waals surface area contributed by atoms with Crippen LogP contribution >= 0.6 is 0 Å². The molecule has 23 heavy (non-hydrogen) atoms. The first kappa shape index (κ1) is 13.5. The van der Waals surface area contributed by atoms with Gasteiger partial charge in [-0.25, -0.2) is 4.79 Å². The van der Waals surface area contributed by atoms with E-state index in [0.29, 0.717) is 11.1 Å². The summed E-state index contributed by atoms with van der Waals surface area (Å²) in [6.07, 6.45) is 3.72. The van der Waals surface area contributed by atoms with Crippen molar-refractivity contribution >= 4 is 33.9 Å². The molecule has 0 fully saturated rings. The molecule has 110 valence electrons. The zero-order chi connectivity index (χ0) is 15.6. The third-order valence-corrected chi connectivity index (χ3v) is 3.88. The lowest BCUT2D eigenvalue weighted by Crippen LogP contribution is -2.02. The summed E-state index contributed by atoms with van der Waals surface area (Å²) in [5.41, 5.74) is 1.90. The maximum absolute atomic E-state index is 12.2. The normalized spacial score (nSPS) is 11.5. The second-order valence-electron chi connectivity index (χ2n) is 5.47. The summed E-state index contributed by atoms with van der Waals surface area (Å²) >= 11 is 0. The van der Waals surface area contributed by atoms with Crippen molar-refractivity contribution in [1.29, 1.82) is 0 Å². The van der Waals surface area contributed by atoms with Crippen LogP contribution in [0.4, 0.5) is 0 Å². The number of hydrogen-bond acceptors (Lipinski definition) is 2. The molecule has 0 bridgehead atoms. The van der Waals surface area contributed by atoms with Crippen molar-refractivity contribution < 1.29 is 4.42 Å². The molecular formula is C21H14O2.